The number of nitrogens with zero attached hydrogens (tertiary/aromatic N) is 2. The molecule has 1 saturated heterocycles. The van der Waals surface area contributed by atoms with Gasteiger partial charge in [0.05, 0.1) is 33.4 Å². The minimum absolute atomic E-state index is 0.0443. The molecule has 2 aromatic rings. The lowest BCUT2D eigenvalue weighted by Gasteiger charge is -2.22. The fourth-order valence-corrected chi connectivity index (χ4v) is 3.45. The number of piperidine rings is 1. The Hall–Kier alpha value is -0.950. The zero-order chi connectivity index (χ0) is 14.1. The Morgan fingerprint density at radius 2 is 2.15 bits per heavy atom. The minimum Gasteiger partial charge on any atom is -0.323 e. The highest BCUT2D eigenvalue weighted by Gasteiger charge is 2.23. The van der Waals surface area contributed by atoms with E-state index in [1.807, 2.05) is 0 Å². The Kier molecular flexibility index (Phi) is 4.07. The summed E-state index contributed by atoms with van der Waals surface area (Å²) in [6, 6.07) is 1.58. The number of halogens is 2. The molecular weight excluding hydrogens is 319 g/mol. The van der Waals surface area contributed by atoms with Gasteiger partial charge in [-0.25, -0.2) is 0 Å². The summed E-state index contributed by atoms with van der Waals surface area (Å²) in [5.74, 6) is -0.0899. The largest absolute Gasteiger partial charge is 0.323 e. The van der Waals surface area contributed by atoms with Crippen LogP contribution in [0, 0.1) is 5.92 Å². The summed E-state index contributed by atoms with van der Waals surface area (Å²) < 4.78 is 8.29. The van der Waals surface area contributed by atoms with E-state index in [0.717, 1.165) is 31.1 Å². The SMILES string of the molecule is O=C(Nc1c(Cl)cc(Cl)c2nsnc12)C1CCCNC1. The average molecular weight is 331 g/mol. The van der Waals surface area contributed by atoms with Gasteiger partial charge >= 0.3 is 0 Å². The maximum atomic E-state index is 12.3. The molecule has 1 amide bonds. The molecule has 1 unspecified atom stereocenters. The molecule has 0 aliphatic carbocycles. The second-order valence-electron chi connectivity index (χ2n) is 4.71. The van der Waals surface area contributed by atoms with Gasteiger partial charge in [-0.3, -0.25) is 4.79 Å². The van der Waals surface area contributed by atoms with Crippen LogP contribution in [0.2, 0.25) is 10.0 Å². The highest BCUT2D eigenvalue weighted by Crippen LogP contribution is 2.35. The molecule has 0 saturated carbocycles. The second kappa shape index (κ2) is 5.81. The van der Waals surface area contributed by atoms with Crippen LogP contribution in [0.1, 0.15) is 12.8 Å². The number of benzene rings is 1. The van der Waals surface area contributed by atoms with Crippen molar-refractivity contribution >= 4 is 57.6 Å². The van der Waals surface area contributed by atoms with Crippen LogP contribution in [0.3, 0.4) is 0 Å². The molecule has 1 aromatic heterocycles. The quantitative estimate of drug-likeness (QED) is 0.888. The molecule has 20 heavy (non-hydrogen) atoms. The van der Waals surface area contributed by atoms with Crippen LogP contribution < -0.4 is 10.6 Å². The van der Waals surface area contributed by atoms with Crippen molar-refractivity contribution in [3.8, 4) is 0 Å². The first kappa shape index (κ1) is 14.0. The Morgan fingerprint density at radius 1 is 1.35 bits per heavy atom. The molecule has 5 nitrogen and oxygen atoms in total. The number of fused-ring (bicyclic) bond motifs is 1. The van der Waals surface area contributed by atoms with E-state index in [-0.39, 0.29) is 11.8 Å². The van der Waals surface area contributed by atoms with E-state index in [1.165, 1.54) is 0 Å². The van der Waals surface area contributed by atoms with Gasteiger partial charge in [-0.05, 0) is 25.5 Å². The Morgan fingerprint density at radius 3 is 2.90 bits per heavy atom. The standard InChI is InChI=1S/C12H12Cl2N4OS/c13-7-4-8(14)10-11(18-20-17-10)9(7)16-12(19)6-2-1-3-15-5-6/h4,6,15H,1-3,5H2,(H,16,19). The van der Waals surface area contributed by atoms with Crippen LogP contribution in [0.4, 0.5) is 5.69 Å². The summed E-state index contributed by atoms with van der Waals surface area (Å²) in [7, 11) is 0. The Bertz CT molecular complexity index is 654. The maximum absolute atomic E-state index is 12.3. The Labute approximate surface area is 130 Å². The van der Waals surface area contributed by atoms with Crippen LogP contribution in [0.5, 0.6) is 0 Å². The lowest BCUT2D eigenvalue weighted by atomic mass is 9.99. The van der Waals surface area contributed by atoms with Crippen molar-refractivity contribution in [2.75, 3.05) is 18.4 Å². The lowest BCUT2D eigenvalue weighted by Crippen LogP contribution is -2.37. The van der Waals surface area contributed by atoms with Gasteiger partial charge in [0.1, 0.15) is 11.0 Å². The molecule has 106 valence electrons. The predicted molar refractivity (Wildman–Crippen MR) is 81.7 cm³/mol. The van der Waals surface area contributed by atoms with Gasteiger partial charge in [-0.1, -0.05) is 23.2 Å². The highest BCUT2D eigenvalue weighted by molar-refractivity contribution is 7.00. The summed E-state index contributed by atoms with van der Waals surface area (Å²) in [4.78, 5) is 12.3. The summed E-state index contributed by atoms with van der Waals surface area (Å²) in [6.07, 6.45) is 1.88. The summed E-state index contributed by atoms with van der Waals surface area (Å²) in [5.41, 5.74) is 1.61. The van der Waals surface area contributed by atoms with Crippen LogP contribution in [0.15, 0.2) is 6.07 Å². The van der Waals surface area contributed by atoms with Crippen LogP contribution >= 0.6 is 34.9 Å². The number of hydrogen-bond donors (Lipinski definition) is 2. The summed E-state index contributed by atoms with van der Waals surface area (Å²) in [5, 5.41) is 6.91. The highest BCUT2D eigenvalue weighted by atomic mass is 35.5. The van der Waals surface area contributed by atoms with Crippen molar-refractivity contribution in [1.29, 1.82) is 0 Å². The minimum atomic E-state index is -0.0456. The predicted octanol–water partition coefficient (Wildman–Crippen LogP) is 2.94. The average Bonchev–Trinajstić information content (AvgIpc) is 2.94. The number of carbonyl (C=O) groups excluding carboxylic acids is 1. The first-order chi connectivity index (χ1) is 9.66. The van der Waals surface area contributed by atoms with E-state index in [2.05, 4.69) is 19.4 Å². The molecular formula is C12H12Cl2N4OS. The van der Waals surface area contributed by atoms with Crippen LogP contribution in [-0.4, -0.2) is 27.7 Å². The van der Waals surface area contributed by atoms with Crippen molar-refractivity contribution < 1.29 is 4.79 Å². The van der Waals surface area contributed by atoms with E-state index in [0.29, 0.717) is 33.3 Å². The van der Waals surface area contributed by atoms with Gasteiger partial charge in [-0.15, -0.1) is 0 Å². The van der Waals surface area contributed by atoms with Gasteiger partial charge in [0, 0.05) is 6.54 Å². The molecule has 0 spiro atoms. The smallest absolute Gasteiger partial charge is 0.228 e. The van der Waals surface area contributed by atoms with Crippen molar-refractivity contribution in [2.24, 2.45) is 5.92 Å². The molecule has 0 bridgehead atoms. The first-order valence-corrected chi connectivity index (χ1v) is 7.77. The summed E-state index contributed by atoms with van der Waals surface area (Å²) in [6.45, 7) is 1.65. The van der Waals surface area contributed by atoms with E-state index in [4.69, 9.17) is 23.2 Å². The first-order valence-electron chi connectivity index (χ1n) is 6.28. The van der Waals surface area contributed by atoms with Crippen LogP contribution in [-0.2, 0) is 4.79 Å². The van der Waals surface area contributed by atoms with E-state index in [9.17, 15) is 4.79 Å². The van der Waals surface area contributed by atoms with Gasteiger partial charge in [0.25, 0.3) is 0 Å². The summed E-state index contributed by atoms with van der Waals surface area (Å²) >= 11 is 13.3. The number of amides is 1. The third-order valence-electron chi connectivity index (χ3n) is 3.36. The number of carbonyl (C=O) groups is 1. The number of nitrogens with one attached hydrogen (secondary N) is 2. The van der Waals surface area contributed by atoms with E-state index < -0.39 is 0 Å². The molecule has 3 rings (SSSR count). The van der Waals surface area contributed by atoms with E-state index in [1.54, 1.807) is 6.07 Å². The molecule has 8 heteroatoms. The van der Waals surface area contributed by atoms with Crippen LogP contribution in [0.25, 0.3) is 11.0 Å². The normalized spacial score (nSPS) is 19.2. The van der Waals surface area contributed by atoms with Gasteiger partial charge < -0.3 is 10.6 Å². The molecule has 2 heterocycles. The molecule has 1 aromatic carbocycles. The van der Waals surface area contributed by atoms with Gasteiger partial charge in [-0.2, -0.15) is 8.75 Å². The maximum Gasteiger partial charge on any atom is 0.228 e. The molecule has 2 N–H and O–H groups in total. The van der Waals surface area contributed by atoms with Crippen molar-refractivity contribution in [3.05, 3.63) is 16.1 Å². The molecule has 1 aliphatic rings. The fraction of sp³-hybridized carbons (Fsp3) is 0.417. The Balaban J connectivity index is 1.90. The monoisotopic (exact) mass is 330 g/mol. The van der Waals surface area contributed by atoms with Gasteiger partial charge in [0.15, 0.2) is 0 Å². The third kappa shape index (κ3) is 2.61. The molecule has 1 fully saturated rings. The van der Waals surface area contributed by atoms with Crippen molar-refractivity contribution in [3.63, 3.8) is 0 Å². The molecule has 1 atom stereocenters. The third-order valence-corrected chi connectivity index (χ3v) is 4.47. The zero-order valence-corrected chi connectivity index (χ0v) is 12.8. The lowest BCUT2D eigenvalue weighted by molar-refractivity contribution is -0.120. The number of aromatic nitrogens is 2. The molecule has 1 aliphatic heterocycles. The fourth-order valence-electron chi connectivity index (χ4n) is 2.29. The topological polar surface area (TPSA) is 66.9 Å². The number of hydrogen-bond acceptors (Lipinski definition) is 5. The second-order valence-corrected chi connectivity index (χ2v) is 6.05. The molecule has 0 radical (unpaired) electrons. The van der Waals surface area contributed by atoms with E-state index >= 15 is 0 Å². The van der Waals surface area contributed by atoms with Crippen molar-refractivity contribution in [2.45, 2.75) is 12.8 Å². The zero-order valence-electron chi connectivity index (χ0n) is 10.4. The number of rotatable bonds is 2. The van der Waals surface area contributed by atoms with Crippen molar-refractivity contribution in [1.82, 2.24) is 14.1 Å². The van der Waals surface area contributed by atoms with Gasteiger partial charge in [0.2, 0.25) is 5.91 Å². The number of anilines is 1.